The van der Waals surface area contributed by atoms with Gasteiger partial charge < -0.3 is 24.1 Å². The van der Waals surface area contributed by atoms with Crippen LogP contribution in [0.2, 0.25) is 0 Å². The predicted molar refractivity (Wildman–Crippen MR) is 128 cm³/mol. The zero-order chi connectivity index (χ0) is 24.6. The van der Waals surface area contributed by atoms with E-state index in [9.17, 15) is 18.0 Å². The maximum atomic E-state index is 13.2. The lowest BCUT2D eigenvalue weighted by Crippen LogP contribution is -2.48. The van der Waals surface area contributed by atoms with Gasteiger partial charge in [0.05, 0.1) is 30.9 Å². The molecule has 2 saturated heterocycles. The van der Waals surface area contributed by atoms with Gasteiger partial charge >= 0.3 is 0 Å². The van der Waals surface area contributed by atoms with Crippen molar-refractivity contribution >= 4 is 32.5 Å². The standard InChI is InChI=1S/C24H25N3O7S/c1-32-17-4-2-3-16(13-17)26-35(30,31)18-5-6-21-19(14-18)22(28)20(15-25-21)23(29)27-9-7-24(8-10-27)33-11-12-34-24/h2-6,13-15,26H,7-12H2,1H3,(H,25,28). The molecule has 0 bridgehead atoms. The second kappa shape index (κ2) is 8.99. The van der Waals surface area contributed by atoms with E-state index in [4.69, 9.17) is 14.2 Å². The molecule has 2 aliphatic rings. The number of carbonyl (C=O) groups excluding carboxylic acids is 1. The molecule has 0 aliphatic carbocycles. The maximum absolute atomic E-state index is 13.2. The fourth-order valence-electron chi connectivity index (χ4n) is 4.43. The summed E-state index contributed by atoms with van der Waals surface area (Å²) in [6.45, 7) is 1.87. The molecule has 35 heavy (non-hydrogen) atoms. The molecule has 2 aliphatic heterocycles. The summed E-state index contributed by atoms with van der Waals surface area (Å²) in [6.07, 6.45) is 2.44. The minimum absolute atomic E-state index is 0.0444. The van der Waals surface area contributed by atoms with E-state index >= 15 is 0 Å². The highest BCUT2D eigenvalue weighted by Crippen LogP contribution is 2.31. The number of anilines is 1. The number of hydrogen-bond acceptors (Lipinski definition) is 7. The molecule has 3 heterocycles. The Bertz CT molecular complexity index is 1430. The van der Waals surface area contributed by atoms with Crippen molar-refractivity contribution in [1.29, 1.82) is 0 Å². The molecule has 184 valence electrons. The number of piperidine rings is 1. The summed E-state index contributed by atoms with van der Waals surface area (Å²) < 4.78 is 45.0. The van der Waals surface area contributed by atoms with Crippen LogP contribution in [0.1, 0.15) is 23.2 Å². The Morgan fingerprint density at radius 3 is 2.57 bits per heavy atom. The van der Waals surface area contributed by atoms with Crippen LogP contribution in [-0.2, 0) is 19.5 Å². The average Bonchev–Trinajstić information content (AvgIpc) is 3.32. The van der Waals surface area contributed by atoms with Gasteiger partial charge in [-0.3, -0.25) is 14.3 Å². The molecule has 1 spiro atoms. The van der Waals surface area contributed by atoms with E-state index in [1.165, 1.54) is 31.5 Å². The third-order valence-corrected chi connectivity index (χ3v) is 7.72. The second-order valence-electron chi connectivity index (χ2n) is 8.48. The fourth-order valence-corrected chi connectivity index (χ4v) is 5.51. The van der Waals surface area contributed by atoms with Crippen molar-refractivity contribution in [2.45, 2.75) is 23.5 Å². The van der Waals surface area contributed by atoms with Crippen molar-refractivity contribution in [2.75, 3.05) is 38.1 Å². The minimum Gasteiger partial charge on any atom is -0.497 e. The van der Waals surface area contributed by atoms with Crippen LogP contribution < -0.4 is 14.9 Å². The first kappa shape index (κ1) is 23.3. The van der Waals surface area contributed by atoms with Crippen molar-refractivity contribution in [3.05, 3.63) is 64.4 Å². The predicted octanol–water partition coefficient (Wildman–Crippen LogP) is 2.32. The van der Waals surface area contributed by atoms with E-state index in [0.29, 0.717) is 56.1 Å². The fraction of sp³-hybridized carbons (Fsp3) is 0.333. The zero-order valence-corrected chi connectivity index (χ0v) is 19.9. The number of aromatic amines is 1. The summed E-state index contributed by atoms with van der Waals surface area (Å²) in [7, 11) is -2.51. The van der Waals surface area contributed by atoms with Crippen LogP contribution in [0.25, 0.3) is 10.9 Å². The van der Waals surface area contributed by atoms with E-state index in [1.54, 1.807) is 29.2 Å². The van der Waals surface area contributed by atoms with Crippen LogP contribution in [-0.4, -0.2) is 63.4 Å². The van der Waals surface area contributed by atoms with Gasteiger partial charge in [0.25, 0.3) is 15.9 Å². The van der Waals surface area contributed by atoms with E-state index in [-0.39, 0.29) is 15.8 Å². The summed E-state index contributed by atoms with van der Waals surface area (Å²) in [5.74, 6) is -0.548. The Morgan fingerprint density at radius 2 is 1.86 bits per heavy atom. The smallest absolute Gasteiger partial charge is 0.261 e. The molecular formula is C24H25N3O7S. The monoisotopic (exact) mass is 499 g/mol. The highest BCUT2D eigenvalue weighted by Gasteiger charge is 2.41. The molecule has 1 aromatic heterocycles. The minimum atomic E-state index is -3.99. The Hall–Kier alpha value is -3.41. The van der Waals surface area contributed by atoms with Crippen molar-refractivity contribution in [3.8, 4) is 5.75 Å². The number of likely N-dealkylation sites (tertiary alicyclic amines) is 1. The molecule has 0 unspecified atom stereocenters. The average molecular weight is 500 g/mol. The molecule has 0 atom stereocenters. The third kappa shape index (κ3) is 4.49. The number of nitrogens with one attached hydrogen (secondary N) is 2. The van der Waals surface area contributed by atoms with E-state index in [1.807, 2.05) is 0 Å². The Kier molecular flexibility index (Phi) is 5.99. The van der Waals surface area contributed by atoms with Crippen LogP contribution >= 0.6 is 0 Å². The van der Waals surface area contributed by atoms with Gasteiger partial charge in [0.15, 0.2) is 5.79 Å². The van der Waals surface area contributed by atoms with Gasteiger partial charge in [0.2, 0.25) is 5.43 Å². The van der Waals surface area contributed by atoms with Gasteiger partial charge in [-0.05, 0) is 30.3 Å². The lowest BCUT2D eigenvalue weighted by atomic mass is 10.0. The molecule has 3 aromatic rings. The summed E-state index contributed by atoms with van der Waals surface area (Å²) in [5, 5.41) is 0.111. The number of aromatic nitrogens is 1. The van der Waals surface area contributed by atoms with Gasteiger partial charge in [-0.1, -0.05) is 6.07 Å². The molecule has 10 nitrogen and oxygen atoms in total. The van der Waals surface area contributed by atoms with Crippen LogP contribution in [0, 0.1) is 0 Å². The number of nitrogens with zero attached hydrogens (tertiary/aromatic N) is 1. The molecular weight excluding hydrogens is 474 g/mol. The largest absolute Gasteiger partial charge is 0.497 e. The topological polar surface area (TPSA) is 127 Å². The van der Waals surface area contributed by atoms with E-state index in [2.05, 4.69) is 9.71 Å². The lowest BCUT2D eigenvalue weighted by molar-refractivity contribution is -0.181. The van der Waals surface area contributed by atoms with Gasteiger partial charge in [0, 0.05) is 49.1 Å². The van der Waals surface area contributed by atoms with Crippen molar-refractivity contribution in [3.63, 3.8) is 0 Å². The number of rotatable bonds is 5. The number of ether oxygens (including phenoxy) is 3. The number of sulfonamides is 1. The quantitative estimate of drug-likeness (QED) is 0.552. The Balaban J connectivity index is 1.41. The summed E-state index contributed by atoms with van der Waals surface area (Å²) in [6, 6.07) is 10.7. The molecule has 5 rings (SSSR count). The summed E-state index contributed by atoms with van der Waals surface area (Å²) in [4.78, 5) is 30.8. The molecule has 11 heteroatoms. The van der Waals surface area contributed by atoms with Crippen LogP contribution in [0.15, 0.2) is 58.4 Å². The lowest BCUT2D eigenvalue weighted by Gasteiger charge is -2.37. The van der Waals surface area contributed by atoms with Crippen LogP contribution in [0.3, 0.4) is 0 Å². The van der Waals surface area contributed by atoms with E-state index < -0.39 is 27.1 Å². The first-order valence-electron chi connectivity index (χ1n) is 11.2. The number of pyridine rings is 1. The highest BCUT2D eigenvalue weighted by atomic mass is 32.2. The first-order valence-corrected chi connectivity index (χ1v) is 12.7. The van der Waals surface area contributed by atoms with Crippen molar-refractivity contribution < 1.29 is 27.4 Å². The second-order valence-corrected chi connectivity index (χ2v) is 10.2. The molecule has 2 fully saturated rings. The Labute approximate surface area is 201 Å². The number of methoxy groups -OCH3 is 1. The maximum Gasteiger partial charge on any atom is 0.261 e. The highest BCUT2D eigenvalue weighted by molar-refractivity contribution is 7.92. The number of hydrogen-bond donors (Lipinski definition) is 2. The number of carbonyl (C=O) groups is 1. The van der Waals surface area contributed by atoms with Gasteiger partial charge in [-0.2, -0.15) is 0 Å². The normalized spacial score (nSPS) is 17.6. The molecule has 2 aromatic carbocycles. The Morgan fingerprint density at radius 1 is 1.11 bits per heavy atom. The molecule has 1 amide bonds. The van der Waals surface area contributed by atoms with Crippen LogP contribution in [0.5, 0.6) is 5.75 Å². The van der Waals surface area contributed by atoms with E-state index in [0.717, 1.165) is 0 Å². The molecule has 0 radical (unpaired) electrons. The number of H-pyrrole nitrogens is 1. The van der Waals surface area contributed by atoms with Crippen molar-refractivity contribution in [2.24, 2.45) is 0 Å². The van der Waals surface area contributed by atoms with Gasteiger partial charge in [-0.15, -0.1) is 0 Å². The van der Waals surface area contributed by atoms with Gasteiger partial charge in [0.1, 0.15) is 11.3 Å². The van der Waals surface area contributed by atoms with Gasteiger partial charge in [-0.25, -0.2) is 8.42 Å². The SMILES string of the molecule is COc1cccc(NS(=O)(=O)c2ccc3[nH]cc(C(=O)N4CCC5(CC4)OCCO5)c(=O)c3c2)c1. The number of fused-ring (bicyclic) bond motifs is 1. The third-order valence-electron chi connectivity index (χ3n) is 6.34. The summed E-state index contributed by atoms with van der Waals surface area (Å²) >= 11 is 0. The van der Waals surface area contributed by atoms with Crippen molar-refractivity contribution in [1.82, 2.24) is 9.88 Å². The first-order chi connectivity index (χ1) is 16.8. The number of amides is 1. The number of benzene rings is 2. The zero-order valence-electron chi connectivity index (χ0n) is 19.1. The van der Waals surface area contributed by atoms with Crippen LogP contribution in [0.4, 0.5) is 5.69 Å². The molecule has 0 saturated carbocycles. The summed E-state index contributed by atoms with van der Waals surface area (Å²) in [5.41, 5.74) is 0.172. The molecule has 2 N–H and O–H groups in total.